The van der Waals surface area contributed by atoms with E-state index in [-0.39, 0.29) is 0 Å². The molecule has 0 amide bonds. The van der Waals surface area contributed by atoms with E-state index in [1.807, 2.05) is 0 Å². The first-order valence-electron chi connectivity index (χ1n) is 5.73. The molecule has 0 unspecified atom stereocenters. The third-order valence-corrected chi connectivity index (χ3v) is 4.53. The van der Waals surface area contributed by atoms with Gasteiger partial charge in [0.05, 0.1) is 0 Å². The lowest BCUT2D eigenvalue weighted by molar-refractivity contribution is -0.273. The van der Waals surface area contributed by atoms with Crippen LogP contribution in [0.1, 0.15) is 0 Å². The summed E-state index contributed by atoms with van der Waals surface area (Å²) in [6.45, 7) is 0. The highest BCUT2D eigenvalue weighted by molar-refractivity contribution is 6.68. The highest BCUT2D eigenvalue weighted by Crippen LogP contribution is 2.46. The van der Waals surface area contributed by atoms with E-state index < -0.39 is 57.0 Å². The van der Waals surface area contributed by atoms with Crippen molar-refractivity contribution in [1.82, 2.24) is 0 Å². The number of rotatable bonds is 4. The fourth-order valence-corrected chi connectivity index (χ4v) is 2.90. The van der Waals surface area contributed by atoms with Gasteiger partial charge in [0.15, 0.2) is 0 Å². The Labute approximate surface area is 147 Å². The van der Waals surface area contributed by atoms with Gasteiger partial charge in [0, 0.05) is 0 Å². The molecule has 0 N–H and O–H groups in total. The van der Waals surface area contributed by atoms with Crippen LogP contribution in [0, 0.1) is 0 Å². The largest absolute Gasteiger partial charge is 0.790 e. The van der Waals surface area contributed by atoms with Crippen LogP contribution in [0.3, 0.4) is 0 Å². The quantitative estimate of drug-likeness (QED) is 0.450. The Bertz CT molecular complexity index is 588. The van der Waals surface area contributed by atoms with Crippen molar-refractivity contribution < 1.29 is 89.1 Å². The van der Waals surface area contributed by atoms with Gasteiger partial charge in [0.1, 0.15) is 0 Å². The third-order valence-electron chi connectivity index (χ3n) is 2.12. The summed E-state index contributed by atoms with van der Waals surface area (Å²) in [5.74, 6) is -12.9. The molecule has 0 aliphatic rings. The Balaban J connectivity index is 6.81. The standard InChI is InChI=1S/C8F14O6Si/c9-4(10,11)1(23)26-29(8(21,22)7(18,19)20,27-2(24)5(12,13)14)28-3(25)6(15,16)17. The van der Waals surface area contributed by atoms with E-state index in [0.717, 1.165) is 0 Å². The zero-order chi connectivity index (χ0) is 23.9. The van der Waals surface area contributed by atoms with E-state index in [9.17, 15) is 75.8 Å². The van der Waals surface area contributed by atoms with E-state index in [0.29, 0.717) is 0 Å². The Morgan fingerprint density at radius 1 is 0.483 bits per heavy atom. The number of alkyl halides is 14. The highest BCUT2D eigenvalue weighted by atomic mass is 28.4. The molecule has 0 saturated heterocycles. The topological polar surface area (TPSA) is 78.9 Å². The molecule has 29 heavy (non-hydrogen) atoms. The zero-order valence-corrected chi connectivity index (χ0v) is 13.2. The Hall–Kier alpha value is -2.35. The van der Waals surface area contributed by atoms with Gasteiger partial charge in [-0.05, 0) is 0 Å². The van der Waals surface area contributed by atoms with Gasteiger partial charge < -0.3 is 13.3 Å². The molecule has 0 radical (unpaired) electrons. The monoisotopic (exact) mass is 486 g/mol. The number of hydrogen-bond acceptors (Lipinski definition) is 6. The second-order valence-corrected chi connectivity index (χ2v) is 6.64. The van der Waals surface area contributed by atoms with Crippen LogP contribution in [-0.4, -0.2) is 57.0 Å². The van der Waals surface area contributed by atoms with Gasteiger partial charge >= 0.3 is 57.0 Å². The second kappa shape index (κ2) is 7.48. The first-order valence-corrected chi connectivity index (χ1v) is 7.46. The zero-order valence-electron chi connectivity index (χ0n) is 12.2. The average Bonchev–Trinajstić information content (AvgIpc) is 2.42. The normalized spacial score (nSPS) is 14.3. The summed E-state index contributed by atoms with van der Waals surface area (Å²) in [4.78, 5) is 31.7. The number of carbonyl (C=O) groups excluding carboxylic acids is 3. The van der Waals surface area contributed by atoms with Gasteiger partial charge in [-0.15, -0.1) is 0 Å². The lowest BCUT2D eigenvalue weighted by Crippen LogP contribution is -2.70. The molecule has 6 nitrogen and oxygen atoms in total. The van der Waals surface area contributed by atoms with E-state index in [1.165, 1.54) is 0 Å². The molecular weight excluding hydrogens is 486 g/mol. The summed E-state index contributed by atoms with van der Waals surface area (Å²) >= 11 is 0. The van der Waals surface area contributed by atoms with Gasteiger partial charge in [-0.1, -0.05) is 0 Å². The van der Waals surface area contributed by atoms with Gasteiger partial charge in [-0.25, -0.2) is 14.4 Å². The fourth-order valence-electron chi connectivity index (χ4n) is 0.968. The van der Waals surface area contributed by atoms with Crippen LogP contribution in [-0.2, 0) is 27.7 Å². The van der Waals surface area contributed by atoms with Crippen molar-refractivity contribution in [3.63, 3.8) is 0 Å². The molecule has 21 heteroatoms. The predicted molar refractivity (Wildman–Crippen MR) is 53.2 cm³/mol. The van der Waals surface area contributed by atoms with Crippen LogP contribution in [0.4, 0.5) is 61.5 Å². The molecule has 0 aromatic heterocycles. The lowest BCUT2D eigenvalue weighted by atomic mass is 10.7. The van der Waals surface area contributed by atoms with Gasteiger partial charge in [0.25, 0.3) is 0 Å². The predicted octanol–water partition coefficient (Wildman–Crippen LogP) is 2.98. The van der Waals surface area contributed by atoms with Crippen LogP contribution < -0.4 is 0 Å². The minimum atomic E-state index is -8.84. The van der Waals surface area contributed by atoms with Crippen molar-refractivity contribution in [3.8, 4) is 0 Å². The molecule has 0 atom stereocenters. The smallest absolute Gasteiger partial charge is 0.445 e. The van der Waals surface area contributed by atoms with Crippen LogP contribution in [0.5, 0.6) is 0 Å². The second-order valence-electron chi connectivity index (χ2n) is 4.29. The summed E-state index contributed by atoms with van der Waals surface area (Å²) in [7, 11) is -8.84. The molecule has 0 bridgehead atoms. The maximum atomic E-state index is 13.5. The minimum absolute atomic E-state index is 2.34. The first-order chi connectivity index (χ1) is 12.4. The highest BCUT2D eigenvalue weighted by Gasteiger charge is 2.87. The van der Waals surface area contributed by atoms with Crippen LogP contribution in [0.2, 0.25) is 0 Å². The minimum Gasteiger partial charge on any atom is -0.445 e. The molecule has 0 aromatic rings. The Kier molecular flexibility index (Phi) is 6.87. The Morgan fingerprint density at radius 2 is 0.690 bits per heavy atom. The molecule has 0 rings (SSSR count). The fraction of sp³-hybridized carbons (Fsp3) is 0.625. The number of halogens is 14. The maximum absolute atomic E-state index is 13.5. The molecule has 0 heterocycles. The van der Waals surface area contributed by atoms with Gasteiger partial charge in [-0.2, -0.15) is 61.5 Å². The molecule has 0 spiro atoms. The molecule has 0 aliphatic carbocycles. The van der Waals surface area contributed by atoms with Crippen LogP contribution >= 0.6 is 0 Å². The maximum Gasteiger partial charge on any atom is 0.790 e. The molecule has 0 aromatic carbocycles. The molecular formula is C8F14O6Si. The van der Waals surface area contributed by atoms with Crippen molar-refractivity contribution in [1.29, 1.82) is 0 Å². The Morgan fingerprint density at radius 3 is 0.828 bits per heavy atom. The summed E-state index contributed by atoms with van der Waals surface area (Å²) in [6, 6.07) is 0. The SMILES string of the molecule is O=C(O[Si](OC(=O)C(F)(F)F)(OC(=O)C(F)(F)F)C(F)(F)C(F)(F)F)C(F)(F)F. The summed E-state index contributed by atoms with van der Waals surface area (Å²) in [5, 5.41) is 0. The third kappa shape index (κ3) is 6.06. The molecule has 0 fully saturated rings. The molecule has 0 saturated carbocycles. The van der Waals surface area contributed by atoms with Crippen LogP contribution in [0.15, 0.2) is 0 Å². The van der Waals surface area contributed by atoms with Crippen molar-refractivity contribution in [3.05, 3.63) is 0 Å². The van der Waals surface area contributed by atoms with E-state index in [1.54, 1.807) is 0 Å². The van der Waals surface area contributed by atoms with Crippen molar-refractivity contribution in [2.24, 2.45) is 0 Å². The number of carbonyl (C=O) groups is 3. The van der Waals surface area contributed by atoms with E-state index in [2.05, 4.69) is 13.3 Å². The van der Waals surface area contributed by atoms with Crippen molar-refractivity contribution in [2.45, 2.75) is 30.3 Å². The summed E-state index contributed by atoms with van der Waals surface area (Å²) in [5.41, 5.74) is -7.44. The van der Waals surface area contributed by atoms with E-state index in [4.69, 9.17) is 0 Å². The molecule has 0 aliphatic heterocycles. The molecule has 170 valence electrons. The summed E-state index contributed by atoms with van der Waals surface area (Å²) in [6.07, 6.45) is -27.3. The average molecular weight is 486 g/mol. The van der Waals surface area contributed by atoms with E-state index >= 15 is 0 Å². The first kappa shape index (κ1) is 26.6. The number of hydrogen-bond donors (Lipinski definition) is 0. The van der Waals surface area contributed by atoms with Gasteiger partial charge in [-0.3, -0.25) is 0 Å². The lowest BCUT2D eigenvalue weighted by Gasteiger charge is -2.33. The van der Waals surface area contributed by atoms with Crippen molar-refractivity contribution >= 4 is 26.7 Å². The van der Waals surface area contributed by atoms with Gasteiger partial charge in [0.2, 0.25) is 0 Å². The summed E-state index contributed by atoms with van der Waals surface area (Å²) < 4.78 is 180. The van der Waals surface area contributed by atoms with Crippen molar-refractivity contribution in [2.75, 3.05) is 0 Å². The van der Waals surface area contributed by atoms with Crippen LogP contribution in [0.25, 0.3) is 0 Å².